The largest absolute Gasteiger partial charge is 0.433 e. The standard InChI is InChI=1S/C16H16F3N7/c17-16(18,19)12-9-13(21-10-20-12)22-11-4-7-25(8-5-11)15-24-23-14-3-1-2-6-26(14)15/h1-3,6,9-11H,4-5,7-8H2,(H,20,21,22). The van der Waals surface area contributed by atoms with Gasteiger partial charge in [0.2, 0.25) is 5.95 Å². The van der Waals surface area contributed by atoms with Gasteiger partial charge in [-0.05, 0) is 25.0 Å². The molecule has 136 valence electrons. The first-order chi connectivity index (χ1) is 12.5. The van der Waals surface area contributed by atoms with Crippen LogP contribution in [0.15, 0.2) is 36.8 Å². The molecule has 7 nitrogen and oxygen atoms in total. The Bertz CT molecular complexity index is 900. The summed E-state index contributed by atoms with van der Waals surface area (Å²) >= 11 is 0. The van der Waals surface area contributed by atoms with Crippen molar-refractivity contribution >= 4 is 17.4 Å². The van der Waals surface area contributed by atoms with Crippen molar-refractivity contribution in [2.45, 2.75) is 25.1 Å². The van der Waals surface area contributed by atoms with Crippen molar-refractivity contribution in [2.24, 2.45) is 0 Å². The second-order valence-corrected chi connectivity index (χ2v) is 6.12. The minimum atomic E-state index is -4.47. The molecule has 0 radical (unpaired) electrons. The number of alkyl halides is 3. The average Bonchev–Trinajstić information content (AvgIpc) is 3.06. The van der Waals surface area contributed by atoms with Gasteiger partial charge < -0.3 is 10.2 Å². The second kappa shape index (κ2) is 6.43. The van der Waals surface area contributed by atoms with Crippen LogP contribution >= 0.6 is 0 Å². The van der Waals surface area contributed by atoms with E-state index in [1.807, 2.05) is 28.8 Å². The van der Waals surface area contributed by atoms with Crippen molar-refractivity contribution < 1.29 is 13.2 Å². The summed E-state index contributed by atoms with van der Waals surface area (Å²) in [5.41, 5.74) is -0.161. The first-order valence-electron chi connectivity index (χ1n) is 8.21. The lowest BCUT2D eigenvalue weighted by molar-refractivity contribution is -0.141. The summed E-state index contributed by atoms with van der Waals surface area (Å²) in [5.74, 6) is 0.971. The highest BCUT2D eigenvalue weighted by Gasteiger charge is 2.33. The molecule has 0 atom stereocenters. The number of nitrogens with zero attached hydrogens (tertiary/aromatic N) is 6. The van der Waals surface area contributed by atoms with Gasteiger partial charge in [-0.3, -0.25) is 4.40 Å². The SMILES string of the molecule is FC(F)(F)c1cc(NC2CCN(c3nnc4ccccn34)CC2)ncn1. The van der Waals surface area contributed by atoms with E-state index in [1.165, 1.54) is 0 Å². The summed E-state index contributed by atoms with van der Waals surface area (Å²) in [6.07, 6.45) is -0.116. The molecule has 1 saturated heterocycles. The van der Waals surface area contributed by atoms with Gasteiger partial charge in [0.05, 0.1) is 0 Å². The van der Waals surface area contributed by atoms with Crippen LogP contribution in [0, 0.1) is 0 Å². The zero-order valence-electron chi connectivity index (χ0n) is 13.7. The summed E-state index contributed by atoms with van der Waals surface area (Å²) in [6.45, 7) is 1.45. The first-order valence-corrected chi connectivity index (χ1v) is 8.21. The molecule has 10 heteroatoms. The molecule has 0 aliphatic carbocycles. The molecule has 0 amide bonds. The Morgan fingerprint density at radius 1 is 1.08 bits per heavy atom. The lowest BCUT2D eigenvalue weighted by Gasteiger charge is -2.32. The summed E-state index contributed by atoms with van der Waals surface area (Å²) in [5, 5.41) is 11.5. The van der Waals surface area contributed by atoms with E-state index in [4.69, 9.17) is 0 Å². The third-order valence-corrected chi connectivity index (χ3v) is 4.38. The van der Waals surface area contributed by atoms with Crippen molar-refractivity contribution in [3.8, 4) is 0 Å². The smallest absolute Gasteiger partial charge is 0.367 e. The molecule has 1 aliphatic rings. The fourth-order valence-corrected chi connectivity index (χ4v) is 3.07. The summed E-state index contributed by atoms with van der Waals surface area (Å²) in [7, 11) is 0. The van der Waals surface area contributed by atoms with E-state index >= 15 is 0 Å². The maximum atomic E-state index is 12.7. The molecular formula is C16H16F3N7. The molecule has 1 aliphatic heterocycles. The van der Waals surface area contributed by atoms with E-state index in [9.17, 15) is 13.2 Å². The van der Waals surface area contributed by atoms with Gasteiger partial charge in [-0.2, -0.15) is 13.2 Å². The highest BCUT2D eigenvalue weighted by molar-refractivity contribution is 5.47. The molecule has 1 N–H and O–H groups in total. The number of halogens is 3. The van der Waals surface area contributed by atoms with Crippen LogP contribution in [-0.4, -0.2) is 43.7 Å². The topological polar surface area (TPSA) is 71.2 Å². The Hall–Kier alpha value is -2.91. The molecule has 4 heterocycles. The van der Waals surface area contributed by atoms with Crippen LogP contribution in [0.25, 0.3) is 5.65 Å². The van der Waals surface area contributed by atoms with Crippen molar-refractivity contribution in [2.75, 3.05) is 23.3 Å². The number of pyridine rings is 1. The average molecular weight is 363 g/mol. The Labute approximate surface area is 146 Å². The molecule has 0 bridgehead atoms. The maximum Gasteiger partial charge on any atom is 0.433 e. The Kier molecular flexibility index (Phi) is 4.09. The fraction of sp³-hybridized carbons (Fsp3) is 0.375. The van der Waals surface area contributed by atoms with E-state index in [1.54, 1.807) is 0 Å². The molecule has 3 aromatic rings. The van der Waals surface area contributed by atoms with E-state index in [0.717, 1.165) is 49.9 Å². The second-order valence-electron chi connectivity index (χ2n) is 6.12. The lowest BCUT2D eigenvalue weighted by Crippen LogP contribution is -2.40. The van der Waals surface area contributed by atoms with E-state index in [-0.39, 0.29) is 11.9 Å². The van der Waals surface area contributed by atoms with Gasteiger partial charge in [-0.15, -0.1) is 10.2 Å². The first kappa shape index (κ1) is 16.6. The molecule has 3 aromatic heterocycles. The zero-order valence-corrected chi connectivity index (χ0v) is 13.7. The molecule has 0 unspecified atom stereocenters. The fourth-order valence-electron chi connectivity index (χ4n) is 3.07. The number of nitrogens with one attached hydrogen (secondary N) is 1. The van der Waals surface area contributed by atoms with Gasteiger partial charge >= 0.3 is 6.18 Å². The van der Waals surface area contributed by atoms with Crippen LogP contribution in [0.1, 0.15) is 18.5 Å². The van der Waals surface area contributed by atoms with Crippen LogP contribution in [-0.2, 0) is 6.18 Å². The third-order valence-electron chi connectivity index (χ3n) is 4.38. The molecule has 0 aromatic carbocycles. The van der Waals surface area contributed by atoms with Gasteiger partial charge in [0.1, 0.15) is 17.8 Å². The van der Waals surface area contributed by atoms with Crippen LogP contribution in [0.5, 0.6) is 0 Å². The Balaban J connectivity index is 1.41. The Morgan fingerprint density at radius 2 is 1.88 bits per heavy atom. The third kappa shape index (κ3) is 3.26. The van der Waals surface area contributed by atoms with Crippen LogP contribution in [0.2, 0.25) is 0 Å². The number of fused-ring (bicyclic) bond motifs is 1. The molecule has 4 rings (SSSR count). The highest BCUT2D eigenvalue weighted by atomic mass is 19.4. The van der Waals surface area contributed by atoms with Crippen molar-refractivity contribution in [1.82, 2.24) is 24.6 Å². The lowest BCUT2D eigenvalue weighted by atomic mass is 10.1. The highest BCUT2D eigenvalue weighted by Crippen LogP contribution is 2.28. The Morgan fingerprint density at radius 3 is 2.65 bits per heavy atom. The maximum absolute atomic E-state index is 12.7. The minimum Gasteiger partial charge on any atom is -0.367 e. The quantitative estimate of drug-likeness (QED) is 0.771. The predicted molar refractivity (Wildman–Crippen MR) is 88.9 cm³/mol. The van der Waals surface area contributed by atoms with Crippen LogP contribution in [0.3, 0.4) is 0 Å². The number of anilines is 2. The van der Waals surface area contributed by atoms with Gasteiger partial charge in [-0.25, -0.2) is 9.97 Å². The van der Waals surface area contributed by atoms with Gasteiger partial charge in [0.15, 0.2) is 5.65 Å². The zero-order chi connectivity index (χ0) is 18.1. The number of aromatic nitrogens is 5. The van der Waals surface area contributed by atoms with Crippen LogP contribution in [0.4, 0.5) is 24.9 Å². The van der Waals surface area contributed by atoms with Gasteiger partial charge in [-0.1, -0.05) is 6.07 Å². The van der Waals surface area contributed by atoms with Crippen molar-refractivity contribution in [3.05, 3.63) is 42.5 Å². The van der Waals surface area contributed by atoms with Gasteiger partial charge in [0.25, 0.3) is 0 Å². The summed E-state index contributed by atoms with van der Waals surface area (Å²) < 4.78 is 40.2. The van der Waals surface area contributed by atoms with E-state index in [0.29, 0.717) is 0 Å². The van der Waals surface area contributed by atoms with Crippen molar-refractivity contribution in [1.29, 1.82) is 0 Å². The number of rotatable bonds is 3. The summed E-state index contributed by atoms with van der Waals surface area (Å²) in [4.78, 5) is 9.30. The minimum absolute atomic E-state index is 0.0430. The normalized spacial score (nSPS) is 16.2. The predicted octanol–water partition coefficient (Wildman–Crippen LogP) is 2.62. The van der Waals surface area contributed by atoms with Gasteiger partial charge in [0, 0.05) is 31.4 Å². The number of piperidine rings is 1. The van der Waals surface area contributed by atoms with Crippen molar-refractivity contribution in [3.63, 3.8) is 0 Å². The van der Waals surface area contributed by atoms with E-state index in [2.05, 4.69) is 30.4 Å². The molecule has 26 heavy (non-hydrogen) atoms. The van der Waals surface area contributed by atoms with E-state index < -0.39 is 11.9 Å². The number of hydrogen-bond donors (Lipinski definition) is 1. The molecule has 0 spiro atoms. The number of hydrogen-bond acceptors (Lipinski definition) is 6. The molecule has 0 saturated carbocycles. The monoisotopic (exact) mass is 363 g/mol. The molecular weight excluding hydrogens is 347 g/mol. The van der Waals surface area contributed by atoms with Crippen LogP contribution < -0.4 is 10.2 Å². The summed E-state index contributed by atoms with van der Waals surface area (Å²) in [6, 6.07) is 6.69. The molecule has 1 fully saturated rings.